The van der Waals surface area contributed by atoms with Gasteiger partial charge in [0.1, 0.15) is 17.5 Å². The topological polar surface area (TPSA) is 49.8 Å². The van der Waals surface area contributed by atoms with Gasteiger partial charge in [0.05, 0.1) is 0 Å². The van der Waals surface area contributed by atoms with E-state index in [1.54, 1.807) is 13.0 Å². The summed E-state index contributed by atoms with van der Waals surface area (Å²) in [5, 5.41) is 6.21. The quantitative estimate of drug-likeness (QED) is 0.705. The zero-order chi connectivity index (χ0) is 17.8. The molecule has 128 valence electrons. The van der Waals surface area contributed by atoms with Gasteiger partial charge >= 0.3 is 0 Å². The Morgan fingerprint density at radius 3 is 2.44 bits per heavy atom. The van der Waals surface area contributed by atoms with Crippen molar-refractivity contribution in [3.63, 3.8) is 0 Å². The fourth-order valence-corrected chi connectivity index (χ4v) is 2.46. The normalized spacial score (nSPS) is 10.6. The lowest BCUT2D eigenvalue weighted by atomic mass is 10.1. The summed E-state index contributed by atoms with van der Waals surface area (Å²) in [6, 6.07) is 13.5. The van der Waals surface area contributed by atoms with Gasteiger partial charge in [-0.05, 0) is 31.5 Å². The maximum atomic E-state index is 13.3. The van der Waals surface area contributed by atoms with Crippen LogP contribution in [0.25, 0.3) is 0 Å². The van der Waals surface area contributed by atoms with Gasteiger partial charge in [-0.15, -0.1) is 0 Å². The summed E-state index contributed by atoms with van der Waals surface area (Å²) in [5.41, 5.74) is 2.76. The minimum absolute atomic E-state index is 0.418. The van der Waals surface area contributed by atoms with Crippen LogP contribution in [-0.2, 0) is 6.54 Å². The highest BCUT2D eigenvalue weighted by Gasteiger charge is 2.06. The van der Waals surface area contributed by atoms with Crippen LogP contribution in [0.5, 0.6) is 0 Å². The average Bonchev–Trinajstić information content (AvgIpc) is 2.56. The number of aromatic nitrogens is 2. The molecule has 1 aromatic heterocycles. The number of halogens is 2. The van der Waals surface area contributed by atoms with E-state index in [-0.39, 0.29) is 0 Å². The molecule has 2 N–H and O–H groups in total. The molecule has 0 aliphatic rings. The molecule has 0 unspecified atom stereocenters. The number of anilines is 3. The predicted octanol–water partition coefficient (Wildman–Crippen LogP) is 4.73. The van der Waals surface area contributed by atoms with E-state index < -0.39 is 11.6 Å². The number of aryl methyl sites for hydroxylation is 2. The van der Waals surface area contributed by atoms with E-state index in [0.717, 1.165) is 17.7 Å². The first kappa shape index (κ1) is 16.8. The van der Waals surface area contributed by atoms with Gasteiger partial charge in [-0.2, -0.15) is 0 Å². The van der Waals surface area contributed by atoms with Crippen molar-refractivity contribution in [2.75, 3.05) is 10.6 Å². The van der Waals surface area contributed by atoms with Crippen molar-refractivity contribution in [3.8, 4) is 0 Å². The Labute approximate surface area is 145 Å². The Morgan fingerprint density at radius 1 is 0.880 bits per heavy atom. The highest BCUT2D eigenvalue weighted by atomic mass is 19.2. The summed E-state index contributed by atoms with van der Waals surface area (Å²) in [5.74, 6) is -0.0674. The van der Waals surface area contributed by atoms with E-state index in [1.807, 2.05) is 25.1 Å². The minimum Gasteiger partial charge on any atom is -0.366 e. The SMILES string of the molecule is Cc1cccc(CNc2cc(Nc3ccc(F)c(F)c3)nc(C)n2)c1. The van der Waals surface area contributed by atoms with Crippen molar-refractivity contribution < 1.29 is 8.78 Å². The minimum atomic E-state index is -0.909. The first-order chi connectivity index (χ1) is 12.0. The van der Waals surface area contributed by atoms with Gasteiger partial charge in [0.15, 0.2) is 11.6 Å². The highest BCUT2D eigenvalue weighted by Crippen LogP contribution is 2.20. The van der Waals surface area contributed by atoms with Crippen molar-refractivity contribution in [1.82, 2.24) is 9.97 Å². The maximum absolute atomic E-state index is 13.3. The fraction of sp³-hybridized carbons (Fsp3) is 0.158. The van der Waals surface area contributed by atoms with E-state index in [0.29, 0.717) is 29.7 Å². The van der Waals surface area contributed by atoms with Crippen LogP contribution < -0.4 is 10.6 Å². The first-order valence-electron chi connectivity index (χ1n) is 7.87. The van der Waals surface area contributed by atoms with Gasteiger partial charge in [-0.1, -0.05) is 29.8 Å². The molecule has 6 heteroatoms. The van der Waals surface area contributed by atoms with Crippen molar-refractivity contribution in [2.45, 2.75) is 20.4 Å². The van der Waals surface area contributed by atoms with Crippen LogP contribution in [0.4, 0.5) is 26.1 Å². The molecule has 0 spiro atoms. The van der Waals surface area contributed by atoms with E-state index in [2.05, 4.69) is 26.7 Å². The molecular weight excluding hydrogens is 322 g/mol. The molecule has 0 saturated carbocycles. The molecule has 2 aromatic carbocycles. The lowest BCUT2D eigenvalue weighted by Crippen LogP contribution is -2.05. The first-order valence-corrected chi connectivity index (χ1v) is 7.87. The van der Waals surface area contributed by atoms with E-state index in [1.165, 1.54) is 11.6 Å². The van der Waals surface area contributed by atoms with Crippen LogP contribution in [0.3, 0.4) is 0 Å². The van der Waals surface area contributed by atoms with Crippen LogP contribution in [0.1, 0.15) is 17.0 Å². The molecule has 4 nitrogen and oxygen atoms in total. The Hall–Kier alpha value is -3.02. The number of rotatable bonds is 5. The molecule has 0 radical (unpaired) electrons. The number of hydrogen-bond donors (Lipinski definition) is 2. The van der Waals surface area contributed by atoms with Crippen LogP contribution in [0, 0.1) is 25.5 Å². The Kier molecular flexibility index (Phi) is 4.88. The molecule has 0 atom stereocenters. The van der Waals surface area contributed by atoms with E-state index >= 15 is 0 Å². The smallest absolute Gasteiger partial charge is 0.160 e. The zero-order valence-electron chi connectivity index (χ0n) is 14.0. The standard InChI is InChI=1S/C19H18F2N4/c1-12-4-3-5-14(8-12)11-22-18-10-19(24-13(2)23-18)25-15-6-7-16(20)17(21)9-15/h3-10H,11H2,1-2H3,(H2,22,23,24,25). The molecule has 0 saturated heterocycles. The van der Waals surface area contributed by atoms with Gasteiger partial charge in [0.2, 0.25) is 0 Å². The molecule has 0 aliphatic heterocycles. The molecular formula is C19H18F2N4. The molecule has 0 fully saturated rings. The van der Waals surface area contributed by atoms with E-state index in [4.69, 9.17) is 0 Å². The summed E-state index contributed by atoms with van der Waals surface area (Å²) >= 11 is 0. The number of benzene rings is 2. The second-order valence-electron chi connectivity index (χ2n) is 5.78. The number of hydrogen-bond acceptors (Lipinski definition) is 4. The lowest BCUT2D eigenvalue weighted by molar-refractivity contribution is 0.509. The molecule has 3 aromatic rings. The third-order valence-electron chi connectivity index (χ3n) is 3.59. The summed E-state index contributed by atoms with van der Waals surface area (Å²) in [6.07, 6.45) is 0. The Bertz CT molecular complexity index is 896. The fourth-order valence-electron chi connectivity index (χ4n) is 2.46. The molecule has 25 heavy (non-hydrogen) atoms. The van der Waals surface area contributed by atoms with Gasteiger partial charge < -0.3 is 10.6 Å². The Balaban J connectivity index is 1.74. The lowest BCUT2D eigenvalue weighted by Gasteiger charge is -2.11. The van der Waals surface area contributed by atoms with Gasteiger partial charge in [0.25, 0.3) is 0 Å². The zero-order valence-corrected chi connectivity index (χ0v) is 14.0. The van der Waals surface area contributed by atoms with Crippen molar-refractivity contribution in [2.24, 2.45) is 0 Å². The number of nitrogens with zero attached hydrogens (tertiary/aromatic N) is 2. The second kappa shape index (κ2) is 7.25. The molecule has 0 aliphatic carbocycles. The summed E-state index contributed by atoms with van der Waals surface area (Å²) in [4.78, 5) is 8.62. The average molecular weight is 340 g/mol. The number of nitrogens with one attached hydrogen (secondary N) is 2. The van der Waals surface area contributed by atoms with Crippen LogP contribution >= 0.6 is 0 Å². The van der Waals surface area contributed by atoms with Gasteiger partial charge in [-0.25, -0.2) is 18.7 Å². The van der Waals surface area contributed by atoms with Crippen molar-refractivity contribution in [1.29, 1.82) is 0 Å². The summed E-state index contributed by atoms with van der Waals surface area (Å²) < 4.78 is 26.3. The molecule has 0 amide bonds. The molecule has 1 heterocycles. The summed E-state index contributed by atoms with van der Waals surface area (Å²) in [7, 11) is 0. The molecule has 3 rings (SSSR count). The largest absolute Gasteiger partial charge is 0.366 e. The van der Waals surface area contributed by atoms with Crippen LogP contribution in [0.15, 0.2) is 48.5 Å². The predicted molar refractivity (Wildman–Crippen MR) is 94.9 cm³/mol. The Morgan fingerprint density at radius 2 is 1.68 bits per heavy atom. The highest BCUT2D eigenvalue weighted by molar-refractivity contribution is 5.59. The van der Waals surface area contributed by atoms with Gasteiger partial charge in [-0.3, -0.25) is 0 Å². The third-order valence-corrected chi connectivity index (χ3v) is 3.59. The van der Waals surface area contributed by atoms with Crippen LogP contribution in [0.2, 0.25) is 0 Å². The van der Waals surface area contributed by atoms with Gasteiger partial charge in [0, 0.05) is 24.4 Å². The van der Waals surface area contributed by atoms with Crippen LogP contribution in [-0.4, -0.2) is 9.97 Å². The maximum Gasteiger partial charge on any atom is 0.160 e. The van der Waals surface area contributed by atoms with E-state index in [9.17, 15) is 8.78 Å². The monoisotopic (exact) mass is 340 g/mol. The van der Waals surface area contributed by atoms with Crippen molar-refractivity contribution >= 4 is 17.3 Å². The van der Waals surface area contributed by atoms with Crippen molar-refractivity contribution in [3.05, 3.63) is 77.1 Å². The summed E-state index contributed by atoms with van der Waals surface area (Å²) in [6.45, 7) is 4.44. The molecule has 0 bridgehead atoms. The third kappa shape index (κ3) is 4.50. The second-order valence-corrected chi connectivity index (χ2v) is 5.78.